The molecule has 3 aliphatic rings. The molecule has 0 aromatic heterocycles. The van der Waals surface area contributed by atoms with Gasteiger partial charge in [-0.25, -0.2) is 8.42 Å². The molecule has 6 nitrogen and oxygen atoms in total. The smallest absolute Gasteiger partial charge is 0.226 e. The van der Waals surface area contributed by atoms with Gasteiger partial charge in [0.1, 0.15) is 0 Å². The van der Waals surface area contributed by atoms with E-state index in [1.807, 2.05) is 4.90 Å². The predicted molar refractivity (Wildman–Crippen MR) is 83.3 cm³/mol. The summed E-state index contributed by atoms with van der Waals surface area (Å²) < 4.78 is 28.6. The van der Waals surface area contributed by atoms with Crippen molar-refractivity contribution in [3.8, 4) is 0 Å². The van der Waals surface area contributed by atoms with Crippen molar-refractivity contribution < 1.29 is 17.9 Å². The van der Waals surface area contributed by atoms with E-state index in [0.29, 0.717) is 18.4 Å². The zero-order valence-corrected chi connectivity index (χ0v) is 14.1. The Bertz CT molecular complexity index is 516. The minimum Gasteiger partial charge on any atom is -0.379 e. The second-order valence-corrected chi connectivity index (χ2v) is 8.96. The summed E-state index contributed by atoms with van der Waals surface area (Å²) in [5.74, 6) is 0.434. The van der Waals surface area contributed by atoms with Crippen molar-refractivity contribution in [2.24, 2.45) is 11.8 Å². The lowest BCUT2D eigenvalue weighted by atomic mass is 9.99. The van der Waals surface area contributed by atoms with Gasteiger partial charge >= 0.3 is 0 Å². The van der Waals surface area contributed by atoms with Crippen LogP contribution in [-0.2, 0) is 19.4 Å². The molecule has 0 aromatic carbocycles. The molecule has 0 radical (unpaired) electrons. The molecule has 22 heavy (non-hydrogen) atoms. The summed E-state index contributed by atoms with van der Waals surface area (Å²) in [6, 6.07) is 0.399. The zero-order chi connectivity index (χ0) is 15.7. The van der Waals surface area contributed by atoms with Crippen molar-refractivity contribution in [2.75, 3.05) is 50.9 Å². The summed E-state index contributed by atoms with van der Waals surface area (Å²) in [5.41, 5.74) is 0. The Hall–Kier alpha value is -0.660. The largest absolute Gasteiger partial charge is 0.379 e. The molecule has 0 bridgehead atoms. The van der Waals surface area contributed by atoms with E-state index in [0.717, 1.165) is 45.8 Å². The minimum atomic E-state index is -3.00. The van der Waals surface area contributed by atoms with Crippen LogP contribution in [-0.4, -0.2) is 81.1 Å². The van der Waals surface area contributed by atoms with E-state index in [1.54, 1.807) is 0 Å². The fourth-order valence-electron chi connectivity index (χ4n) is 4.01. The first-order valence-corrected chi connectivity index (χ1v) is 10.1. The SMILES string of the molecule is CC[C@@H]1CN(C(=O)[C@H]2CCS(=O)(=O)C2)C[C@@H]1N1CCOCC1. The van der Waals surface area contributed by atoms with Crippen molar-refractivity contribution >= 4 is 15.7 Å². The highest BCUT2D eigenvalue weighted by Gasteiger charge is 2.42. The van der Waals surface area contributed by atoms with Gasteiger partial charge in [-0.05, 0) is 12.3 Å². The van der Waals surface area contributed by atoms with E-state index in [4.69, 9.17) is 4.74 Å². The maximum Gasteiger partial charge on any atom is 0.226 e. The Kier molecular flexibility index (Phi) is 4.75. The fourth-order valence-corrected chi connectivity index (χ4v) is 5.74. The average molecular weight is 330 g/mol. The van der Waals surface area contributed by atoms with Crippen molar-refractivity contribution in [2.45, 2.75) is 25.8 Å². The maximum atomic E-state index is 12.6. The Morgan fingerprint density at radius 2 is 1.95 bits per heavy atom. The molecule has 126 valence electrons. The number of morpholine rings is 1. The van der Waals surface area contributed by atoms with Crippen LogP contribution < -0.4 is 0 Å². The Balaban J connectivity index is 1.64. The number of amides is 1. The molecule has 0 unspecified atom stereocenters. The molecule has 0 spiro atoms. The number of ether oxygens (including phenoxy) is 1. The van der Waals surface area contributed by atoms with Crippen molar-refractivity contribution in [3.05, 3.63) is 0 Å². The molecule has 0 aliphatic carbocycles. The third-order valence-electron chi connectivity index (χ3n) is 5.34. The van der Waals surface area contributed by atoms with Gasteiger partial charge in [-0.15, -0.1) is 0 Å². The number of carbonyl (C=O) groups is 1. The van der Waals surface area contributed by atoms with Gasteiger partial charge in [0.15, 0.2) is 9.84 Å². The summed E-state index contributed by atoms with van der Waals surface area (Å²) in [6.07, 6.45) is 1.55. The van der Waals surface area contributed by atoms with E-state index in [2.05, 4.69) is 11.8 Å². The van der Waals surface area contributed by atoms with Gasteiger partial charge in [0, 0.05) is 32.2 Å². The quantitative estimate of drug-likeness (QED) is 0.728. The molecule has 3 rings (SSSR count). The molecule has 0 saturated carbocycles. The Morgan fingerprint density at radius 3 is 2.55 bits per heavy atom. The predicted octanol–water partition coefficient (Wildman–Crippen LogP) is -0.00970. The lowest BCUT2D eigenvalue weighted by Crippen LogP contribution is -2.47. The topological polar surface area (TPSA) is 66.9 Å². The summed E-state index contributed by atoms with van der Waals surface area (Å²) >= 11 is 0. The first kappa shape index (κ1) is 16.2. The number of hydrogen-bond donors (Lipinski definition) is 0. The van der Waals surface area contributed by atoms with Gasteiger partial charge in [-0.3, -0.25) is 9.69 Å². The van der Waals surface area contributed by atoms with Crippen LogP contribution in [0.3, 0.4) is 0 Å². The highest BCUT2D eigenvalue weighted by molar-refractivity contribution is 7.91. The standard InChI is InChI=1S/C15H26N2O4S/c1-2-12-9-17(10-14(12)16-4-6-21-7-5-16)15(18)13-3-8-22(19,20)11-13/h12-14H,2-11H2,1H3/t12-,13+,14+/m1/s1. The molecule has 7 heteroatoms. The van der Waals surface area contributed by atoms with Crippen LogP contribution in [0.25, 0.3) is 0 Å². The third-order valence-corrected chi connectivity index (χ3v) is 7.11. The minimum absolute atomic E-state index is 0.0430. The molecule has 3 heterocycles. The van der Waals surface area contributed by atoms with Gasteiger partial charge in [0.25, 0.3) is 0 Å². The fraction of sp³-hybridized carbons (Fsp3) is 0.933. The second kappa shape index (κ2) is 6.45. The summed E-state index contributed by atoms with van der Waals surface area (Å²) in [7, 11) is -3.00. The number of rotatable bonds is 3. The van der Waals surface area contributed by atoms with Crippen LogP contribution in [0.2, 0.25) is 0 Å². The molecule has 3 fully saturated rings. The third kappa shape index (κ3) is 3.31. The maximum absolute atomic E-state index is 12.6. The highest BCUT2D eigenvalue weighted by Crippen LogP contribution is 2.29. The molecule has 3 saturated heterocycles. The van der Waals surface area contributed by atoms with E-state index in [-0.39, 0.29) is 23.3 Å². The molecular weight excluding hydrogens is 304 g/mol. The van der Waals surface area contributed by atoms with Gasteiger partial charge in [-0.2, -0.15) is 0 Å². The van der Waals surface area contributed by atoms with E-state index in [9.17, 15) is 13.2 Å². The van der Waals surface area contributed by atoms with Gasteiger partial charge in [0.05, 0.1) is 30.6 Å². The van der Waals surface area contributed by atoms with Crippen molar-refractivity contribution in [3.63, 3.8) is 0 Å². The number of nitrogens with zero attached hydrogens (tertiary/aromatic N) is 2. The van der Waals surface area contributed by atoms with Crippen LogP contribution in [0.4, 0.5) is 0 Å². The van der Waals surface area contributed by atoms with Crippen LogP contribution in [0.1, 0.15) is 19.8 Å². The summed E-state index contributed by atoms with van der Waals surface area (Å²) in [4.78, 5) is 17.0. The zero-order valence-electron chi connectivity index (χ0n) is 13.2. The number of hydrogen-bond acceptors (Lipinski definition) is 5. The lowest BCUT2D eigenvalue weighted by molar-refractivity contribution is -0.134. The number of likely N-dealkylation sites (tertiary alicyclic amines) is 1. The first-order valence-electron chi connectivity index (χ1n) is 8.31. The van der Waals surface area contributed by atoms with Crippen LogP contribution in [0.5, 0.6) is 0 Å². The van der Waals surface area contributed by atoms with Crippen molar-refractivity contribution in [1.82, 2.24) is 9.80 Å². The molecule has 3 aliphatic heterocycles. The van der Waals surface area contributed by atoms with Gasteiger partial charge in [0.2, 0.25) is 5.91 Å². The first-order chi connectivity index (χ1) is 10.5. The molecule has 0 N–H and O–H groups in total. The second-order valence-electron chi connectivity index (χ2n) is 6.73. The number of carbonyl (C=O) groups excluding carboxylic acids is 1. The highest BCUT2D eigenvalue weighted by atomic mass is 32.2. The van der Waals surface area contributed by atoms with E-state index >= 15 is 0 Å². The van der Waals surface area contributed by atoms with Crippen molar-refractivity contribution in [1.29, 1.82) is 0 Å². The van der Waals surface area contributed by atoms with Gasteiger partial charge < -0.3 is 9.64 Å². The van der Waals surface area contributed by atoms with E-state index < -0.39 is 9.84 Å². The average Bonchev–Trinajstić information content (AvgIpc) is 3.10. The Morgan fingerprint density at radius 1 is 1.23 bits per heavy atom. The molecule has 3 atom stereocenters. The van der Waals surface area contributed by atoms with Crippen LogP contribution in [0.15, 0.2) is 0 Å². The molecule has 0 aromatic rings. The van der Waals surface area contributed by atoms with Crippen LogP contribution >= 0.6 is 0 Å². The van der Waals surface area contributed by atoms with E-state index in [1.165, 1.54) is 0 Å². The summed E-state index contributed by atoms with van der Waals surface area (Å²) in [6.45, 7) is 7.08. The lowest BCUT2D eigenvalue weighted by Gasteiger charge is -2.34. The van der Waals surface area contributed by atoms with Crippen LogP contribution in [0, 0.1) is 11.8 Å². The summed E-state index contributed by atoms with van der Waals surface area (Å²) in [5, 5.41) is 0. The number of sulfone groups is 1. The molecular formula is C15H26N2O4S. The normalized spacial score (nSPS) is 35.9. The van der Waals surface area contributed by atoms with Gasteiger partial charge in [-0.1, -0.05) is 13.3 Å². The monoisotopic (exact) mass is 330 g/mol. The Labute approximate surface area is 132 Å². The molecule has 1 amide bonds.